The number of fused-ring (bicyclic) bond motifs is 5. The van der Waals surface area contributed by atoms with E-state index in [0.717, 1.165) is 18.0 Å². The molecule has 0 amide bonds. The average Bonchev–Trinajstić information content (AvgIpc) is 3.33. The highest BCUT2D eigenvalue weighted by molar-refractivity contribution is 5.78. The van der Waals surface area contributed by atoms with Crippen molar-refractivity contribution in [1.29, 1.82) is 0 Å². The zero-order chi connectivity index (χ0) is 23.6. The lowest BCUT2D eigenvalue weighted by Gasteiger charge is -2.61. The van der Waals surface area contributed by atoms with Crippen LogP contribution < -0.4 is 10.5 Å². The van der Waals surface area contributed by atoms with Gasteiger partial charge in [-0.1, -0.05) is 34.1 Å². The molecular formula is C28H39N3O2. The Bertz CT molecular complexity index is 1060. The molecular weight excluding hydrogens is 410 g/mol. The van der Waals surface area contributed by atoms with E-state index in [0.29, 0.717) is 28.9 Å². The maximum absolute atomic E-state index is 12.7. The number of nitrogens with zero attached hydrogens (tertiary/aromatic N) is 1. The maximum Gasteiger partial charge on any atom is 0.328 e. The van der Waals surface area contributed by atoms with Gasteiger partial charge in [0.1, 0.15) is 11.8 Å². The summed E-state index contributed by atoms with van der Waals surface area (Å²) in [6.45, 7) is 12.3. The van der Waals surface area contributed by atoms with Gasteiger partial charge in [0, 0.05) is 18.3 Å². The number of hydrogen-bond acceptors (Lipinski definition) is 4. The van der Waals surface area contributed by atoms with E-state index in [2.05, 4.69) is 50.7 Å². The summed E-state index contributed by atoms with van der Waals surface area (Å²) in [5.41, 5.74) is 12.1. The fourth-order valence-electron chi connectivity index (χ4n) is 8.40. The first kappa shape index (κ1) is 22.6. The molecule has 33 heavy (non-hydrogen) atoms. The molecule has 5 unspecified atom stereocenters. The molecule has 1 aromatic heterocycles. The first-order valence-electron chi connectivity index (χ1n) is 12.6. The summed E-state index contributed by atoms with van der Waals surface area (Å²) in [4.78, 5) is 19.7. The number of aromatic nitrogens is 2. The van der Waals surface area contributed by atoms with E-state index in [1.54, 1.807) is 12.5 Å². The Morgan fingerprint density at radius 1 is 1.21 bits per heavy atom. The van der Waals surface area contributed by atoms with Crippen molar-refractivity contribution in [2.24, 2.45) is 28.4 Å². The van der Waals surface area contributed by atoms with Gasteiger partial charge in [0.2, 0.25) is 0 Å². The summed E-state index contributed by atoms with van der Waals surface area (Å²) < 4.78 is 5.78. The third-order valence-electron chi connectivity index (χ3n) is 9.70. The van der Waals surface area contributed by atoms with Gasteiger partial charge in [0.25, 0.3) is 0 Å². The molecule has 5 atom stereocenters. The SMILES string of the molecule is Cc1cc(OC(=O)C(N)Cc2cnc[nH]2)cc2c1C1(C)CCC3C(C)(C)CCCC3(C)C1C2. The van der Waals surface area contributed by atoms with Crippen molar-refractivity contribution >= 4 is 5.97 Å². The van der Waals surface area contributed by atoms with Gasteiger partial charge >= 0.3 is 5.97 Å². The van der Waals surface area contributed by atoms with E-state index >= 15 is 0 Å². The number of nitrogens with one attached hydrogen (secondary N) is 1. The number of carbonyl (C=O) groups excluding carboxylic acids is 1. The molecule has 0 spiro atoms. The second-order valence-electron chi connectivity index (χ2n) is 12.2. The lowest BCUT2D eigenvalue weighted by Crippen LogP contribution is -2.55. The van der Waals surface area contributed by atoms with Crippen LogP contribution in [-0.2, 0) is 23.1 Å². The van der Waals surface area contributed by atoms with E-state index in [1.807, 2.05) is 6.07 Å². The number of imidazole rings is 1. The summed E-state index contributed by atoms with van der Waals surface area (Å²) >= 11 is 0. The molecule has 2 fully saturated rings. The number of ether oxygens (including phenoxy) is 1. The molecule has 0 radical (unpaired) electrons. The number of rotatable bonds is 4. The van der Waals surface area contributed by atoms with Gasteiger partial charge < -0.3 is 15.5 Å². The molecule has 0 bridgehead atoms. The highest BCUT2D eigenvalue weighted by Crippen LogP contribution is 2.67. The van der Waals surface area contributed by atoms with Gasteiger partial charge in [-0.2, -0.15) is 0 Å². The van der Waals surface area contributed by atoms with Gasteiger partial charge in [-0.25, -0.2) is 9.78 Å². The molecule has 1 aromatic carbocycles. The smallest absolute Gasteiger partial charge is 0.328 e. The van der Waals surface area contributed by atoms with E-state index in [1.165, 1.54) is 48.8 Å². The van der Waals surface area contributed by atoms with Crippen LogP contribution in [0.1, 0.15) is 82.2 Å². The Labute approximate surface area is 197 Å². The minimum Gasteiger partial charge on any atom is -0.425 e. The second-order valence-corrected chi connectivity index (χ2v) is 12.2. The average molecular weight is 450 g/mol. The Morgan fingerprint density at radius 3 is 2.73 bits per heavy atom. The number of aryl methyl sites for hydroxylation is 1. The summed E-state index contributed by atoms with van der Waals surface area (Å²) in [5, 5.41) is 0. The van der Waals surface area contributed by atoms with E-state index < -0.39 is 12.0 Å². The topological polar surface area (TPSA) is 81.0 Å². The van der Waals surface area contributed by atoms with E-state index in [-0.39, 0.29) is 5.41 Å². The molecule has 0 aliphatic heterocycles. The summed E-state index contributed by atoms with van der Waals surface area (Å²) in [6, 6.07) is 3.45. The van der Waals surface area contributed by atoms with Crippen LogP contribution in [0.2, 0.25) is 0 Å². The lowest BCUT2D eigenvalue weighted by molar-refractivity contribution is -0.135. The molecule has 178 valence electrons. The molecule has 2 saturated carbocycles. The van der Waals surface area contributed by atoms with Crippen LogP contribution in [0.25, 0.3) is 0 Å². The Kier molecular flexibility index (Phi) is 5.28. The maximum atomic E-state index is 12.7. The van der Waals surface area contributed by atoms with E-state index in [4.69, 9.17) is 10.5 Å². The normalized spacial score (nSPS) is 33.0. The first-order valence-corrected chi connectivity index (χ1v) is 12.6. The van der Waals surface area contributed by atoms with Crippen molar-refractivity contribution in [3.63, 3.8) is 0 Å². The number of aromatic amines is 1. The number of esters is 1. The zero-order valence-corrected chi connectivity index (χ0v) is 20.8. The molecule has 1 heterocycles. The minimum absolute atomic E-state index is 0.206. The van der Waals surface area contributed by atoms with E-state index in [9.17, 15) is 4.79 Å². The highest BCUT2D eigenvalue weighted by Gasteiger charge is 2.61. The predicted molar refractivity (Wildman–Crippen MR) is 130 cm³/mol. The third kappa shape index (κ3) is 3.54. The Morgan fingerprint density at radius 2 is 2.00 bits per heavy atom. The predicted octanol–water partition coefficient (Wildman–Crippen LogP) is 5.25. The van der Waals surface area contributed by atoms with Crippen molar-refractivity contribution in [2.45, 2.75) is 91.0 Å². The van der Waals surface area contributed by atoms with Crippen molar-refractivity contribution in [2.75, 3.05) is 0 Å². The molecule has 5 rings (SSSR count). The molecule has 0 saturated heterocycles. The number of benzene rings is 1. The largest absolute Gasteiger partial charge is 0.425 e. The van der Waals surface area contributed by atoms with Gasteiger partial charge in [-0.3, -0.25) is 0 Å². The Balaban J connectivity index is 1.41. The van der Waals surface area contributed by atoms with Crippen molar-refractivity contribution in [3.05, 3.63) is 47.0 Å². The fourth-order valence-corrected chi connectivity index (χ4v) is 8.40. The number of hydrogen-bond donors (Lipinski definition) is 2. The molecule has 5 heteroatoms. The molecule has 2 aromatic rings. The number of H-pyrrole nitrogens is 1. The van der Waals surface area contributed by atoms with Crippen LogP contribution in [0.4, 0.5) is 0 Å². The molecule has 3 aliphatic rings. The summed E-state index contributed by atoms with van der Waals surface area (Å²) in [6.07, 6.45) is 11.3. The minimum atomic E-state index is -0.719. The zero-order valence-electron chi connectivity index (χ0n) is 20.8. The van der Waals surface area contributed by atoms with Crippen LogP contribution in [0.5, 0.6) is 5.75 Å². The lowest BCUT2D eigenvalue weighted by atomic mass is 9.43. The standard InChI is InChI=1S/C28H39N3O2/c1-17-11-20(33-25(32)21(29)14-19-15-30-16-31-19)12-18-13-23-27(4)9-6-8-26(2,3)22(27)7-10-28(23,5)24(17)18/h11-12,15-16,21-23H,6-10,13-14,29H2,1-5H3,(H,30,31). The summed E-state index contributed by atoms with van der Waals surface area (Å²) in [7, 11) is 0. The van der Waals surface area contributed by atoms with Crippen molar-refractivity contribution in [1.82, 2.24) is 9.97 Å². The molecule has 3 aliphatic carbocycles. The quantitative estimate of drug-likeness (QED) is 0.493. The van der Waals surface area contributed by atoms with Crippen LogP contribution in [0.3, 0.4) is 0 Å². The van der Waals surface area contributed by atoms with Crippen LogP contribution >= 0.6 is 0 Å². The monoisotopic (exact) mass is 449 g/mol. The number of carbonyl (C=O) groups is 1. The first-order chi connectivity index (χ1) is 15.5. The van der Waals surface area contributed by atoms with Crippen LogP contribution in [-0.4, -0.2) is 22.0 Å². The highest BCUT2D eigenvalue weighted by atomic mass is 16.5. The van der Waals surface area contributed by atoms with Crippen LogP contribution in [0.15, 0.2) is 24.7 Å². The summed E-state index contributed by atoms with van der Waals surface area (Å²) in [5.74, 6) is 1.66. The van der Waals surface area contributed by atoms with Gasteiger partial charge in [-0.05, 0) is 95.9 Å². The van der Waals surface area contributed by atoms with Crippen LogP contribution in [0, 0.1) is 29.6 Å². The third-order valence-corrected chi connectivity index (χ3v) is 9.70. The van der Waals surface area contributed by atoms with Crippen molar-refractivity contribution in [3.8, 4) is 5.75 Å². The van der Waals surface area contributed by atoms with Gasteiger partial charge in [-0.15, -0.1) is 0 Å². The van der Waals surface area contributed by atoms with Gasteiger partial charge in [0.05, 0.1) is 6.33 Å². The second kappa shape index (κ2) is 7.69. The molecule has 5 nitrogen and oxygen atoms in total. The fraction of sp³-hybridized carbons (Fsp3) is 0.643. The Hall–Kier alpha value is -2.14. The molecule has 3 N–H and O–H groups in total. The van der Waals surface area contributed by atoms with Crippen molar-refractivity contribution < 1.29 is 9.53 Å². The number of nitrogens with two attached hydrogens (primary N) is 1. The van der Waals surface area contributed by atoms with Gasteiger partial charge in [0.15, 0.2) is 0 Å².